The van der Waals surface area contributed by atoms with Gasteiger partial charge in [0.25, 0.3) is 0 Å². The van der Waals surface area contributed by atoms with Crippen LogP contribution < -0.4 is 10.1 Å². The molecular weight excluding hydrogens is 488 g/mol. The molecule has 1 heterocycles. The molecule has 1 aliphatic heterocycles. The third-order valence-electron chi connectivity index (χ3n) is 7.61. The first kappa shape index (κ1) is 24.5. The van der Waals surface area contributed by atoms with Crippen molar-refractivity contribution in [3.8, 4) is 5.75 Å². The summed E-state index contributed by atoms with van der Waals surface area (Å²) >= 11 is 6.30. The first-order chi connectivity index (χ1) is 18.5. The molecule has 0 aromatic heterocycles. The van der Waals surface area contributed by atoms with Gasteiger partial charge in [-0.05, 0) is 79.3 Å². The van der Waals surface area contributed by atoms with E-state index in [2.05, 4.69) is 98.0 Å². The second-order valence-corrected chi connectivity index (χ2v) is 10.8. The molecule has 0 spiro atoms. The maximum Gasteiger partial charge on any atom is 0.128 e. The van der Waals surface area contributed by atoms with Gasteiger partial charge in [-0.15, -0.1) is 0 Å². The van der Waals surface area contributed by atoms with Crippen molar-refractivity contribution in [3.05, 3.63) is 135 Å². The van der Waals surface area contributed by atoms with Crippen LogP contribution in [0.4, 0.5) is 11.4 Å². The summed E-state index contributed by atoms with van der Waals surface area (Å²) in [6, 6.07) is 29.6. The highest BCUT2D eigenvalue weighted by molar-refractivity contribution is 6.30. The van der Waals surface area contributed by atoms with Crippen molar-refractivity contribution < 1.29 is 4.74 Å². The van der Waals surface area contributed by atoms with Crippen molar-refractivity contribution in [1.29, 1.82) is 0 Å². The second kappa shape index (κ2) is 10.5. The number of rotatable bonds is 6. The summed E-state index contributed by atoms with van der Waals surface area (Å²) in [5, 5.41) is 4.48. The van der Waals surface area contributed by atoms with Crippen molar-refractivity contribution in [3.63, 3.8) is 0 Å². The number of allylic oxidation sites excluding steroid dienone is 2. The molecule has 3 nitrogen and oxygen atoms in total. The Bertz CT molecular complexity index is 1510. The number of aliphatic imine (C=N–C) groups is 1. The van der Waals surface area contributed by atoms with Crippen molar-refractivity contribution >= 4 is 29.2 Å². The molecule has 1 N–H and O–H groups in total. The van der Waals surface area contributed by atoms with Gasteiger partial charge in [0.15, 0.2) is 0 Å². The van der Waals surface area contributed by atoms with Crippen LogP contribution in [0.25, 0.3) is 0 Å². The molecule has 190 valence electrons. The quantitative estimate of drug-likeness (QED) is 0.204. The van der Waals surface area contributed by atoms with E-state index in [1.54, 1.807) is 0 Å². The third kappa shape index (κ3) is 5.12. The van der Waals surface area contributed by atoms with Crippen LogP contribution in [0.5, 0.6) is 5.75 Å². The topological polar surface area (TPSA) is 33.6 Å². The average molecular weight is 519 g/mol. The molecule has 1 aliphatic carbocycles. The van der Waals surface area contributed by atoms with Crippen molar-refractivity contribution in [2.24, 2.45) is 10.9 Å². The lowest BCUT2D eigenvalue weighted by molar-refractivity contribution is 0.306. The number of nitrogens with zero attached hydrogens (tertiary/aromatic N) is 1. The minimum Gasteiger partial charge on any atom is -0.488 e. The molecule has 0 radical (unpaired) electrons. The normalized spacial score (nSPS) is 19.7. The molecule has 4 aromatic rings. The molecule has 0 saturated carbocycles. The lowest BCUT2D eigenvalue weighted by Gasteiger charge is -2.37. The lowest BCUT2D eigenvalue weighted by atomic mass is 9.76. The summed E-state index contributed by atoms with van der Waals surface area (Å²) < 4.78 is 6.12. The minimum atomic E-state index is 0.276. The minimum absolute atomic E-state index is 0.276. The molecule has 0 unspecified atom stereocenters. The van der Waals surface area contributed by atoms with Gasteiger partial charge in [-0.2, -0.15) is 0 Å². The van der Waals surface area contributed by atoms with Gasteiger partial charge in [0.1, 0.15) is 12.4 Å². The number of aryl methyl sites for hydroxylation is 2. The molecule has 4 heteroatoms. The molecule has 0 bridgehead atoms. The van der Waals surface area contributed by atoms with Gasteiger partial charge in [0.05, 0.1) is 11.7 Å². The van der Waals surface area contributed by atoms with E-state index in [0.717, 1.165) is 29.0 Å². The molecule has 2 aliphatic rings. The molecule has 4 aromatic carbocycles. The number of ether oxygens (including phenoxy) is 1. The highest BCUT2D eigenvalue weighted by atomic mass is 35.5. The van der Waals surface area contributed by atoms with Gasteiger partial charge in [-0.1, -0.05) is 83.4 Å². The van der Waals surface area contributed by atoms with Gasteiger partial charge in [-0.3, -0.25) is 4.99 Å². The summed E-state index contributed by atoms with van der Waals surface area (Å²) in [5.74, 6) is 1.75. The van der Waals surface area contributed by atoms with Gasteiger partial charge in [0, 0.05) is 28.4 Å². The van der Waals surface area contributed by atoms with Crippen LogP contribution in [0.1, 0.15) is 51.8 Å². The van der Waals surface area contributed by atoms with E-state index in [1.165, 1.54) is 27.9 Å². The van der Waals surface area contributed by atoms with E-state index in [-0.39, 0.29) is 6.04 Å². The third-order valence-corrected chi connectivity index (χ3v) is 7.85. The van der Waals surface area contributed by atoms with Gasteiger partial charge >= 0.3 is 0 Å². The molecule has 38 heavy (non-hydrogen) atoms. The number of nitrogens with one attached hydrogen (secondary N) is 1. The molecule has 3 atom stereocenters. The van der Waals surface area contributed by atoms with Crippen molar-refractivity contribution in [2.75, 3.05) is 5.32 Å². The molecule has 0 saturated heterocycles. The summed E-state index contributed by atoms with van der Waals surface area (Å²) in [5.41, 5.74) is 9.38. The zero-order valence-electron chi connectivity index (χ0n) is 21.7. The zero-order valence-corrected chi connectivity index (χ0v) is 22.5. The predicted molar refractivity (Wildman–Crippen MR) is 158 cm³/mol. The number of halogens is 1. The maximum atomic E-state index is 6.30. The predicted octanol–water partition coefficient (Wildman–Crippen LogP) is 9.11. The van der Waals surface area contributed by atoms with Gasteiger partial charge in [0.2, 0.25) is 0 Å². The molecular formula is C34H31ClN2O. The lowest BCUT2D eigenvalue weighted by Crippen LogP contribution is -2.29. The SMILES string of the molecule is Cc1ccc(COc2ccc(Cl)cc2C=Nc2ccc([C@@H]3Nc4ccc(C)cc4[C@H]4C=CC[C@@H]43)cc2)cc1. The van der Waals surface area contributed by atoms with Crippen LogP contribution in [-0.2, 0) is 6.61 Å². The number of benzene rings is 4. The Hall–Kier alpha value is -3.82. The number of fused-ring (bicyclic) bond motifs is 3. The Kier molecular flexibility index (Phi) is 6.78. The van der Waals surface area contributed by atoms with Crippen LogP contribution in [0.2, 0.25) is 5.02 Å². The monoisotopic (exact) mass is 518 g/mol. The van der Waals surface area contributed by atoms with Crippen LogP contribution >= 0.6 is 11.6 Å². The van der Waals surface area contributed by atoms with E-state index >= 15 is 0 Å². The first-order valence-corrected chi connectivity index (χ1v) is 13.6. The fourth-order valence-corrected chi connectivity index (χ4v) is 5.73. The van der Waals surface area contributed by atoms with E-state index in [9.17, 15) is 0 Å². The second-order valence-electron chi connectivity index (χ2n) is 10.4. The van der Waals surface area contributed by atoms with E-state index < -0.39 is 0 Å². The number of anilines is 1. The Labute approximate surface area is 229 Å². The standard InChI is InChI=1S/C34H31ClN2O/c1-22-6-9-24(10-7-22)21-38-33-17-13-27(35)19-26(33)20-36-28-14-11-25(12-15-28)34-30-5-3-4-29(30)31-18-23(2)8-16-32(31)37-34/h3-4,6-20,29-30,34,37H,5,21H2,1-2H3/t29-,30-,34-/m0/s1. The van der Waals surface area contributed by atoms with Crippen LogP contribution in [0.3, 0.4) is 0 Å². The van der Waals surface area contributed by atoms with Crippen molar-refractivity contribution in [1.82, 2.24) is 0 Å². The smallest absolute Gasteiger partial charge is 0.128 e. The van der Waals surface area contributed by atoms with E-state index in [4.69, 9.17) is 21.3 Å². The maximum absolute atomic E-state index is 6.30. The Balaban J connectivity index is 1.19. The zero-order chi connectivity index (χ0) is 26.1. The van der Waals surface area contributed by atoms with E-state index in [1.807, 2.05) is 24.4 Å². The van der Waals surface area contributed by atoms with Crippen LogP contribution in [0.15, 0.2) is 102 Å². The fraction of sp³-hybridized carbons (Fsp3) is 0.206. The molecule has 0 fully saturated rings. The van der Waals surface area contributed by atoms with Crippen LogP contribution in [-0.4, -0.2) is 6.21 Å². The summed E-state index contributed by atoms with van der Waals surface area (Å²) in [4.78, 5) is 4.75. The van der Waals surface area contributed by atoms with Gasteiger partial charge < -0.3 is 10.1 Å². The largest absolute Gasteiger partial charge is 0.488 e. The van der Waals surface area contributed by atoms with Gasteiger partial charge in [-0.25, -0.2) is 0 Å². The van der Waals surface area contributed by atoms with E-state index in [0.29, 0.717) is 23.5 Å². The Morgan fingerprint density at radius 3 is 2.53 bits per heavy atom. The summed E-state index contributed by atoms with van der Waals surface area (Å²) in [7, 11) is 0. The first-order valence-electron chi connectivity index (χ1n) is 13.2. The Morgan fingerprint density at radius 1 is 0.921 bits per heavy atom. The van der Waals surface area contributed by atoms with Crippen molar-refractivity contribution in [2.45, 2.75) is 38.8 Å². The highest BCUT2D eigenvalue weighted by Gasteiger charge is 2.37. The number of hydrogen-bond donors (Lipinski definition) is 1. The summed E-state index contributed by atoms with van der Waals surface area (Å²) in [6.07, 6.45) is 7.65. The average Bonchev–Trinajstić information content (AvgIpc) is 3.43. The molecule has 6 rings (SSSR count). The van der Waals surface area contributed by atoms with Crippen LogP contribution in [0, 0.1) is 19.8 Å². The Morgan fingerprint density at radius 2 is 1.71 bits per heavy atom. The summed E-state index contributed by atoms with van der Waals surface area (Å²) in [6.45, 7) is 4.74. The molecule has 0 amide bonds. The highest BCUT2D eigenvalue weighted by Crippen LogP contribution is 2.50. The fourth-order valence-electron chi connectivity index (χ4n) is 5.55. The number of hydrogen-bond acceptors (Lipinski definition) is 3.